The Morgan fingerprint density at radius 2 is 1.75 bits per heavy atom. The van der Waals surface area contributed by atoms with Crippen LogP contribution >= 0.6 is 0 Å². The number of nitrogens with zero attached hydrogens (tertiary/aromatic N) is 3. The maximum absolute atomic E-state index is 10.7. The lowest BCUT2D eigenvalue weighted by molar-refractivity contribution is -0.00885. The first-order chi connectivity index (χ1) is 9.67. The second kappa shape index (κ2) is 5.26. The van der Waals surface area contributed by atoms with Crippen molar-refractivity contribution in [3.8, 4) is 11.1 Å². The molecule has 2 heterocycles. The van der Waals surface area contributed by atoms with Gasteiger partial charge in [-0.1, -0.05) is 6.07 Å². The van der Waals surface area contributed by atoms with Gasteiger partial charge in [-0.2, -0.15) is 0 Å². The minimum Gasteiger partial charge on any atom is -0.384 e. The van der Waals surface area contributed by atoms with Crippen molar-refractivity contribution in [2.24, 2.45) is 5.73 Å². The van der Waals surface area contributed by atoms with E-state index >= 15 is 0 Å². The molecule has 104 valence electrons. The zero-order valence-electron chi connectivity index (χ0n) is 11.2. The molecule has 2 aromatic heterocycles. The molecule has 0 aliphatic heterocycles. The van der Waals surface area contributed by atoms with E-state index in [-0.39, 0.29) is 6.04 Å². The number of aromatic nitrogens is 3. The molecular weight excluding hydrogens is 252 g/mol. The third kappa shape index (κ3) is 2.55. The van der Waals surface area contributed by atoms with Crippen LogP contribution < -0.4 is 5.73 Å². The average molecular weight is 270 g/mol. The predicted molar refractivity (Wildman–Crippen MR) is 75.6 cm³/mol. The van der Waals surface area contributed by atoms with Crippen LogP contribution in [0.15, 0.2) is 37.1 Å². The quantitative estimate of drug-likeness (QED) is 0.866. The molecule has 3 N–H and O–H groups in total. The van der Waals surface area contributed by atoms with Crippen molar-refractivity contribution in [1.82, 2.24) is 15.0 Å². The number of rotatable bonds is 2. The molecule has 5 nitrogen and oxygen atoms in total. The summed E-state index contributed by atoms with van der Waals surface area (Å²) in [7, 11) is 0. The molecule has 0 bridgehead atoms. The second-order valence-corrected chi connectivity index (χ2v) is 5.43. The van der Waals surface area contributed by atoms with Crippen molar-refractivity contribution in [3.63, 3.8) is 0 Å². The highest BCUT2D eigenvalue weighted by Crippen LogP contribution is 2.35. The monoisotopic (exact) mass is 270 g/mol. The van der Waals surface area contributed by atoms with Crippen LogP contribution in [0, 0.1) is 0 Å². The van der Waals surface area contributed by atoms with E-state index < -0.39 is 5.60 Å². The van der Waals surface area contributed by atoms with Crippen LogP contribution in [-0.2, 0) is 5.60 Å². The molecule has 1 aliphatic carbocycles. The highest BCUT2D eigenvalue weighted by molar-refractivity contribution is 5.60. The summed E-state index contributed by atoms with van der Waals surface area (Å²) in [5.41, 5.74) is 7.65. The Hall–Kier alpha value is -1.85. The average Bonchev–Trinajstić information content (AvgIpc) is 2.52. The minimum atomic E-state index is -0.832. The summed E-state index contributed by atoms with van der Waals surface area (Å²) < 4.78 is 0. The van der Waals surface area contributed by atoms with Crippen molar-refractivity contribution in [2.75, 3.05) is 0 Å². The molecule has 0 amide bonds. The van der Waals surface area contributed by atoms with Crippen LogP contribution in [0.3, 0.4) is 0 Å². The van der Waals surface area contributed by atoms with Crippen molar-refractivity contribution in [3.05, 3.63) is 42.7 Å². The highest BCUT2D eigenvalue weighted by Gasteiger charge is 2.34. The van der Waals surface area contributed by atoms with Gasteiger partial charge < -0.3 is 10.8 Å². The number of hydrogen-bond acceptors (Lipinski definition) is 5. The van der Waals surface area contributed by atoms with E-state index in [9.17, 15) is 5.11 Å². The fourth-order valence-electron chi connectivity index (χ4n) is 2.66. The third-order valence-corrected chi connectivity index (χ3v) is 3.99. The number of aliphatic hydroxyl groups is 1. The molecule has 0 spiro atoms. The Morgan fingerprint density at radius 3 is 2.35 bits per heavy atom. The fourth-order valence-corrected chi connectivity index (χ4v) is 2.66. The van der Waals surface area contributed by atoms with Crippen molar-refractivity contribution >= 4 is 0 Å². The van der Waals surface area contributed by atoms with Gasteiger partial charge in [0.15, 0.2) is 0 Å². The molecule has 0 atom stereocenters. The lowest BCUT2D eigenvalue weighted by Gasteiger charge is -2.34. The smallest absolute Gasteiger partial charge is 0.115 e. The first-order valence-electron chi connectivity index (χ1n) is 6.87. The normalized spacial score (nSPS) is 26.4. The molecule has 0 radical (unpaired) electrons. The maximum atomic E-state index is 10.7. The molecule has 0 aromatic carbocycles. The van der Waals surface area contributed by atoms with E-state index in [2.05, 4.69) is 15.0 Å². The largest absolute Gasteiger partial charge is 0.384 e. The Balaban J connectivity index is 1.83. The lowest BCUT2D eigenvalue weighted by atomic mass is 9.80. The zero-order valence-corrected chi connectivity index (χ0v) is 11.2. The summed E-state index contributed by atoms with van der Waals surface area (Å²) in [6.07, 6.45) is 9.79. The van der Waals surface area contributed by atoms with Crippen LogP contribution in [0.1, 0.15) is 31.4 Å². The first kappa shape index (κ1) is 13.1. The molecule has 0 unspecified atom stereocenters. The van der Waals surface area contributed by atoms with Crippen LogP contribution in [0.5, 0.6) is 0 Å². The molecule has 1 fully saturated rings. The maximum Gasteiger partial charge on any atom is 0.115 e. The van der Waals surface area contributed by atoms with Crippen LogP contribution in [0.2, 0.25) is 0 Å². The molecule has 20 heavy (non-hydrogen) atoms. The summed E-state index contributed by atoms with van der Waals surface area (Å²) in [5, 5.41) is 10.7. The number of nitrogens with two attached hydrogens (primary N) is 1. The van der Waals surface area contributed by atoms with Crippen LogP contribution in [0.4, 0.5) is 0 Å². The summed E-state index contributed by atoms with van der Waals surface area (Å²) in [4.78, 5) is 12.4. The highest BCUT2D eigenvalue weighted by atomic mass is 16.3. The molecule has 5 heteroatoms. The minimum absolute atomic E-state index is 0.205. The topological polar surface area (TPSA) is 84.9 Å². The van der Waals surface area contributed by atoms with Gasteiger partial charge in [-0.3, -0.25) is 4.98 Å². The number of pyridine rings is 1. The van der Waals surface area contributed by atoms with Gasteiger partial charge in [0.05, 0.1) is 5.69 Å². The van der Waals surface area contributed by atoms with Gasteiger partial charge in [-0.25, -0.2) is 9.97 Å². The lowest BCUT2D eigenvalue weighted by Crippen LogP contribution is -2.37. The standard InChI is InChI=1S/C15H18N4O/c16-13-3-5-15(20,6-4-13)14-2-1-11(9-19-14)12-7-17-10-18-8-12/h1-2,7-10,13,20H,3-6,16H2. The van der Waals surface area contributed by atoms with E-state index in [1.165, 1.54) is 6.33 Å². The predicted octanol–water partition coefficient (Wildman–Crippen LogP) is 1.63. The van der Waals surface area contributed by atoms with Crippen molar-refractivity contribution in [1.29, 1.82) is 0 Å². The Labute approximate surface area is 117 Å². The van der Waals surface area contributed by atoms with Gasteiger partial charge in [0, 0.05) is 35.8 Å². The van der Waals surface area contributed by atoms with Crippen LogP contribution in [-0.4, -0.2) is 26.1 Å². The van der Waals surface area contributed by atoms with Gasteiger partial charge in [0.1, 0.15) is 11.9 Å². The van der Waals surface area contributed by atoms with Gasteiger partial charge >= 0.3 is 0 Å². The van der Waals surface area contributed by atoms with E-state index in [4.69, 9.17) is 5.73 Å². The second-order valence-electron chi connectivity index (χ2n) is 5.43. The Morgan fingerprint density at radius 1 is 1.05 bits per heavy atom. The Bertz CT molecular complexity index is 562. The summed E-state index contributed by atoms with van der Waals surface area (Å²) >= 11 is 0. The third-order valence-electron chi connectivity index (χ3n) is 3.99. The summed E-state index contributed by atoms with van der Waals surface area (Å²) in [6, 6.07) is 4.04. The van der Waals surface area contributed by atoms with Gasteiger partial charge in [0.2, 0.25) is 0 Å². The van der Waals surface area contributed by atoms with E-state index in [1.807, 2.05) is 12.1 Å². The SMILES string of the molecule is NC1CCC(O)(c2ccc(-c3cncnc3)cn2)CC1. The van der Waals surface area contributed by atoms with E-state index in [0.717, 1.165) is 29.7 Å². The van der Waals surface area contributed by atoms with Gasteiger partial charge in [-0.05, 0) is 31.7 Å². The molecule has 1 saturated carbocycles. The van der Waals surface area contributed by atoms with Gasteiger partial charge in [-0.15, -0.1) is 0 Å². The molecule has 0 saturated heterocycles. The van der Waals surface area contributed by atoms with Crippen molar-refractivity contribution in [2.45, 2.75) is 37.3 Å². The van der Waals surface area contributed by atoms with Crippen molar-refractivity contribution < 1.29 is 5.11 Å². The summed E-state index contributed by atoms with van der Waals surface area (Å²) in [5.74, 6) is 0. The Kier molecular flexibility index (Phi) is 3.46. The van der Waals surface area contributed by atoms with E-state index in [0.29, 0.717) is 12.8 Å². The van der Waals surface area contributed by atoms with E-state index in [1.54, 1.807) is 18.6 Å². The number of hydrogen-bond donors (Lipinski definition) is 2. The van der Waals surface area contributed by atoms with Gasteiger partial charge in [0.25, 0.3) is 0 Å². The summed E-state index contributed by atoms with van der Waals surface area (Å²) in [6.45, 7) is 0. The molecular formula is C15H18N4O. The molecule has 2 aromatic rings. The van der Waals surface area contributed by atoms with Crippen LogP contribution in [0.25, 0.3) is 11.1 Å². The fraction of sp³-hybridized carbons (Fsp3) is 0.400. The molecule has 3 rings (SSSR count). The molecule has 1 aliphatic rings. The first-order valence-corrected chi connectivity index (χ1v) is 6.87. The zero-order chi connectivity index (χ0) is 14.0.